The second-order valence-electron chi connectivity index (χ2n) is 7.39. The molecule has 0 bridgehead atoms. The van der Waals surface area contributed by atoms with E-state index in [1.807, 2.05) is 0 Å². The van der Waals surface area contributed by atoms with Gasteiger partial charge in [-0.25, -0.2) is 4.79 Å². The first-order valence-electron chi connectivity index (χ1n) is 8.67. The first-order valence-corrected chi connectivity index (χ1v) is 8.67. The molecular formula is C19H25N3O4. The van der Waals surface area contributed by atoms with E-state index in [0.717, 1.165) is 12.0 Å². The summed E-state index contributed by atoms with van der Waals surface area (Å²) in [5.74, 6) is -0.172. The van der Waals surface area contributed by atoms with Gasteiger partial charge in [-0.15, -0.1) is 0 Å². The molecule has 0 aromatic heterocycles. The highest BCUT2D eigenvalue weighted by Crippen LogP contribution is 2.20. The number of phenolic OH excluding ortho intramolecular Hbond substituents is 1. The van der Waals surface area contributed by atoms with E-state index in [-0.39, 0.29) is 18.1 Å². The Balaban J connectivity index is 2.17. The first kappa shape index (κ1) is 19.6. The summed E-state index contributed by atoms with van der Waals surface area (Å²) in [5, 5.41) is 21.3. The summed E-state index contributed by atoms with van der Waals surface area (Å²) in [5.41, 5.74) is 0.101. The zero-order valence-electron chi connectivity index (χ0n) is 15.4. The molecule has 1 aromatic carbocycles. The van der Waals surface area contributed by atoms with Crippen LogP contribution < -0.4 is 5.32 Å². The highest BCUT2D eigenvalue weighted by atomic mass is 16.6. The first-order chi connectivity index (χ1) is 12.2. The minimum absolute atomic E-state index is 0.126. The van der Waals surface area contributed by atoms with Gasteiger partial charge in [-0.2, -0.15) is 5.26 Å². The van der Waals surface area contributed by atoms with Gasteiger partial charge in [-0.1, -0.05) is 12.1 Å². The Morgan fingerprint density at radius 2 is 2.04 bits per heavy atom. The monoisotopic (exact) mass is 359 g/mol. The van der Waals surface area contributed by atoms with Crippen molar-refractivity contribution >= 4 is 12.0 Å². The average molecular weight is 359 g/mol. The van der Waals surface area contributed by atoms with Gasteiger partial charge in [0.15, 0.2) is 0 Å². The fourth-order valence-electron chi connectivity index (χ4n) is 2.88. The maximum atomic E-state index is 12.9. The van der Waals surface area contributed by atoms with Crippen molar-refractivity contribution in [3.8, 4) is 11.8 Å². The van der Waals surface area contributed by atoms with Crippen LogP contribution in [0, 0.1) is 11.3 Å². The van der Waals surface area contributed by atoms with Crippen molar-refractivity contribution < 1.29 is 19.4 Å². The fourth-order valence-corrected chi connectivity index (χ4v) is 2.88. The average Bonchev–Trinajstić information content (AvgIpc) is 3.02. The Kier molecular flexibility index (Phi) is 6.09. The van der Waals surface area contributed by atoms with Crippen LogP contribution in [0.25, 0.3) is 0 Å². The molecule has 0 spiro atoms. The fraction of sp³-hybridized carbons (Fsp3) is 0.526. The number of aromatic hydroxyl groups is 1. The highest BCUT2D eigenvalue weighted by molar-refractivity contribution is 5.86. The SMILES string of the molecule is CC(C)(C)OC(=O)N[C@@H](Cc1ccc(O)cc1)C(=O)N1CCC[C@H]1C#N. The molecule has 1 saturated heterocycles. The molecule has 1 aliphatic rings. The maximum absolute atomic E-state index is 12.9. The van der Waals surface area contributed by atoms with E-state index in [0.29, 0.717) is 13.0 Å². The van der Waals surface area contributed by atoms with E-state index in [1.165, 1.54) is 17.0 Å². The van der Waals surface area contributed by atoms with Crippen LogP contribution in [0.5, 0.6) is 5.75 Å². The van der Waals surface area contributed by atoms with Crippen LogP contribution in [0.3, 0.4) is 0 Å². The zero-order valence-corrected chi connectivity index (χ0v) is 15.4. The normalized spacial score (nSPS) is 18.1. The van der Waals surface area contributed by atoms with E-state index in [1.54, 1.807) is 32.9 Å². The number of nitrogens with zero attached hydrogens (tertiary/aromatic N) is 2. The predicted octanol–water partition coefficient (Wildman–Crippen LogP) is 2.34. The lowest BCUT2D eigenvalue weighted by molar-refractivity contribution is -0.133. The number of hydrogen-bond acceptors (Lipinski definition) is 5. The van der Waals surface area contributed by atoms with Crippen LogP contribution in [-0.4, -0.2) is 46.2 Å². The largest absolute Gasteiger partial charge is 0.508 e. The number of nitriles is 1. The summed E-state index contributed by atoms with van der Waals surface area (Å²) in [6, 6.07) is 7.27. The molecule has 2 N–H and O–H groups in total. The Morgan fingerprint density at radius 1 is 1.38 bits per heavy atom. The van der Waals surface area contributed by atoms with E-state index in [2.05, 4.69) is 11.4 Å². The second kappa shape index (κ2) is 8.09. The van der Waals surface area contributed by atoms with Gasteiger partial charge >= 0.3 is 6.09 Å². The van der Waals surface area contributed by atoms with Crippen LogP contribution in [0.4, 0.5) is 4.79 Å². The van der Waals surface area contributed by atoms with E-state index in [4.69, 9.17) is 4.74 Å². The number of likely N-dealkylation sites (tertiary alicyclic amines) is 1. The minimum Gasteiger partial charge on any atom is -0.508 e. The van der Waals surface area contributed by atoms with Crippen molar-refractivity contribution in [2.45, 2.75) is 57.7 Å². The number of alkyl carbamates (subject to hydrolysis) is 1. The number of nitrogens with one attached hydrogen (secondary N) is 1. The van der Waals surface area contributed by atoms with E-state index in [9.17, 15) is 20.0 Å². The van der Waals surface area contributed by atoms with Crippen molar-refractivity contribution in [3.63, 3.8) is 0 Å². The van der Waals surface area contributed by atoms with Gasteiger partial charge in [-0.05, 0) is 51.3 Å². The molecule has 7 heteroatoms. The van der Waals surface area contributed by atoms with E-state index < -0.39 is 23.8 Å². The van der Waals surface area contributed by atoms with Crippen LogP contribution in [0.2, 0.25) is 0 Å². The zero-order chi connectivity index (χ0) is 19.3. The quantitative estimate of drug-likeness (QED) is 0.859. The van der Waals surface area contributed by atoms with Crippen LogP contribution in [0.1, 0.15) is 39.2 Å². The number of benzene rings is 1. The molecule has 2 atom stereocenters. The molecule has 26 heavy (non-hydrogen) atoms. The Morgan fingerprint density at radius 3 is 2.62 bits per heavy atom. The number of amides is 2. The molecule has 2 amide bonds. The van der Waals surface area contributed by atoms with Crippen molar-refractivity contribution in [2.24, 2.45) is 0 Å². The summed E-state index contributed by atoms with van der Waals surface area (Å²) in [4.78, 5) is 26.6. The number of carbonyl (C=O) groups excluding carboxylic acids is 2. The number of carbonyl (C=O) groups is 2. The molecule has 140 valence electrons. The second-order valence-corrected chi connectivity index (χ2v) is 7.39. The Labute approximate surface area is 153 Å². The summed E-state index contributed by atoms with van der Waals surface area (Å²) >= 11 is 0. The summed E-state index contributed by atoms with van der Waals surface area (Å²) in [6.07, 6.45) is 0.970. The van der Waals surface area contributed by atoms with Crippen molar-refractivity contribution in [2.75, 3.05) is 6.54 Å². The maximum Gasteiger partial charge on any atom is 0.408 e. The summed E-state index contributed by atoms with van der Waals surface area (Å²) in [7, 11) is 0. The van der Waals surface area contributed by atoms with Gasteiger partial charge in [0.05, 0.1) is 6.07 Å². The molecule has 0 aliphatic carbocycles. The third-order valence-corrected chi connectivity index (χ3v) is 4.05. The molecule has 0 unspecified atom stereocenters. The topological polar surface area (TPSA) is 103 Å². The lowest BCUT2D eigenvalue weighted by Crippen LogP contribution is -2.51. The molecule has 0 radical (unpaired) electrons. The number of phenols is 1. The number of hydrogen-bond donors (Lipinski definition) is 2. The van der Waals surface area contributed by atoms with Crippen molar-refractivity contribution in [1.82, 2.24) is 10.2 Å². The van der Waals surface area contributed by atoms with E-state index >= 15 is 0 Å². The molecule has 1 aliphatic heterocycles. The number of rotatable bonds is 4. The number of ether oxygens (including phenoxy) is 1. The molecule has 1 fully saturated rings. The van der Waals surface area contributed by atoms with Crippen LogP contribution >= 0.6 is 0 Å². The Bertz CT molecular complexity index is 688. The minimum atomic E-state index is -0.844. The third-order valence-electron chi connectivity index (χ3n) is 4.05. The standard InChI is InChI=1S/C19H25N3O4/c1-19(2,3)26-18(25)21-16(11-13-6-8-15(23)9-7-13)17(24)22-10-4-5-14(22)12-20/h6-9,14,16,23H,4-5,10-11H2,1-3H3,(H,21,25)/t14-,16-/m0/s1. The third kappa shape index (κ3) is 5.38. The highest BCUT2D eigenvalue weighted by Gasteiger charge is 2.34. The summed E-state index contributed by atoms with van der Waals surface area (Å²) < 4.78 is 5.27. The smallest absolute Gasteiger partial charge is 0.408 e. The van der Waals surface area contributed by atoms with Gasteiger partial charge in [-0.3, -0.25) is 4.79 Å². The molecule has 7 nitrogen and oxygen atoms in total. The molecule has 0 saturated carbocycles. The van der Waals surface area contributed by atoms with Gasteiger partial charge < -0.3 is 20.1 Å². The molecule has 2 rings (SSSR count). The predicted molar refractivity (Wildman–Crippen MR) is 95.3 cm³/mol. The molecule has 1 heterocycles. The van der Waals surface area contributed by atoms with Crippen LogP contribution in [-0.2, 0) is 16.0 Å². The van der Waals surface area contributed by atoms with Gasteiger partial charge in [0.2, 0.25) is 5.91 Å². The van der Waals surface area contributed by atoms with Gasteiger partial charge in [0.25, 0.3) is 0 Å². The molecular weight excluding hydrogens is 334 g/mol. The van der Waals surface area contributed by atoms with Crippen molar-refractivity contribution in [1.29, 1.82) is 5.26 Å². The Hall–Kier alpha value is -2.75. The molecule has 1 aromatic rings. The summed E-state index contributed by atoms with van der Waals surface area (Å²) in [6.45, 7) is 5.74. The lowest BCUT2D eigenvalue weighted by atomic mass is 10.0. The van der Waals surface area contributed by atoms with Gasteiger partial charge in [0, 0.05) is 13.0 Å². The van der Waals surface area contributed by atoms with Crippen molar-refractivity contribution in [3.05, 3.63) is 29.8 Å². The lowest BCUT2D eigenvalue weighted by Gasteiger charge is -2.27. The van der Waals surface area contributed by atoms with Crippen LogP contribution in [0.15, 0.2) is 24.3 Å². The van der Waals surface area contributed by atoms with Gasteiger partial charge in [0.1, 0.15) is 23.4 Å².